The standard InChI is InChI=1S/C16H19NO/c1-12(17)5-4-8-16(18)15-10-9-13-6-2-3-7-14(13)11-15/h2-3,6-7,9-12H,4-5,8,17H2,1H3. The summed E-state index contributed by atoms with van der Waals surface area (Å²) >= 11 is 0. The zero-order valence-corrected chi connectivity index (χ0v) is 10.7. The van der Waals surface area contributed by atoms with Crippen molar-refractivity contribution in [2.45, 2.75) is 32.2 Å². The first kappa shape index (κ1) is 12.8. The lowest BCUT2D eigenvalue weighted by Crippen LogP contribution is -2.14. The molecule has 1 unspecified atom stereocenters. The van der Waals surface area contributed by atoms with Crippen LogP contribution in [0.3, 0.4) is 0 Å². The van der Waals surface area contributed by atoms with E-state index in [1.165, 1.54) is 5.39 Å². The molecule has 0 radical (unpaired) electrons. The van der Waals surface area contributed by atoms with Crippen molar-refractivity contribution in [2.75, 3.05) is 0 Å². The van der Waals surface area contributed by atoms with Gasteiger partial charge in [0.05, 0.1) is 0 Å². The summed E-state index contributed by atoms with van der Waals surface area (Å²) in [6, 6.07) is 14.2. The Morgan fingerprint density at radius 2 is 1.89 bits per heavy atom. The maximum absolute atomic E-state index is 12.0. The van der Waals surface area contributed by atoms with Gasteiger partial charge in [-0.25, -0.2) is 0 Å². The Kier molecular flexibility index (Phi) is 4.11. The van der Waals surface area contributed by atoms with Crippen LogP contribution >= 0.6 is 0 Å². The molecule has 2 aromatic carbocycles. The van der Waals surface area contributed by atoms with Crippen LogP contribution in [-0.2, 0) is 0 Å². The van der Waals surface area contributed by atoms with Gasteiger partial charge in [0, 0.05) is 18.0 Å². The fourth-order valence-corrected chi connectivity index (χ4v) is 2.09. The lowest BCUT2D eigenvalue weighted by molar-refractivity contribution is 0.0979. The molecule has 0 aromatic heterocycles. The average Bonchev–Trinajstić information content (AvgIpc) is 2.37. The van der Waals surface area contributed by atoms with Gasteiger partial charge in [0.1, 0.15) is 0 Å². The van der Waals surface area contributed by atoms with Crippen LogP contribution in [0, 0.1) is 0 Å². The Bertz CT molecular complexity index is 546. The molecule has 0 heterocycles. The summed E-state index contributed by atoms with van der Waals surface area (Å²) in [5, 5.41) is 2.29. The predicted octanol–water partition coefficient (Wildman–Crippen LogP) is 3.54. The van der Waals surface area contributed by atoms with Gasteiger partial charge in [-0.15, -0.1) is 0 Å². The summed E-state index contributed by atoms with van der Waals surface area (Å²) in [6.45, 7) is 1.97. The zero-order chi connectivity index (χ0) is 13.0. The quantitative estimate of drug-likeness (QED) is 0.814. The fraction of sp³-hybridized carbons (Fsp3) is 0.312. The fourth-order valence-electron chi connectivity index (χ4n) is 2.09. The van der Waals surface area contributed by atoms with E-state index in [1.807, 2.05) is 43.3 Å². The molecule has 0 aliphatic carbocycles. The molecule has 2 rings (SSSR count). The van der Waals surface area contributed by atoms with Crippen LogP contribution < -0.4 is 5.73 Å². The molecular formula is C16H19NO. The third-order valence-corrected chi connectivity index (χ3v) is 3.13. The van der Waals surface area contributed by atoms with Gasteiger partial charge in [-0.2, -0.15) is 0 Å². The van der Waals surface area contributed by atoms with E-state index in [1.54, 1.807) is 0 Å². The molecule has 0 bridgehead atoms. The summed E-state index contributed by atoms with van der Waals surface area (Å²) < 4.78 is 0. The van der Waals surface area contributed by atoms with Crippen molar-refractivity contribution in [2.24, 2.45) is 5.73 Å². The second kappa shape index (κ2) is 5.78. The van der Waals surface area contributed by atoms with Crippen LogP contribution in [-0.4, -0.2) is 11.8 Å². The third kappa shape index (κ3) is 3.17. The number of fused-ring (bicyclic) bond motifs is 1. The molecule has 0 saturated heterocycles. The predicted molar refractivity (Wildman–Crippen MR) is 75.8 cm³/mol. The molecular weight excluding hydrogens is 222 g/mol. The number of hydrogen-bond acceptors (Lipinski definition) is 2. The van der Waals surface area contributed by atoms with E-state index >= 15 is 0 Å². The Balaban J connectivity index is 2.08. The van der Waals surface area contributed by atoms with E-state index in [0.717, 1.165) is 23.8 Å². The third-order valence-electron chi connectivity index (χ3n) is 3.13. The summed E-state index contributed by atoms with van der Waals surface area (Å²) in [6.07, 6.45) is 2.35. The molecule has 2 aromatic rings. The van der Waals surface area contributed by atoms with Gasteiger partial charge in [0.2, 0.25) is 0 Å². The number of Topliss-reactive ketones (excluding diaryl/α,β-unsaturated/α-hetero) is 1. The topological polar surface area (TPSA) is 43.1 Å². The Morgan fingerprint density at radius 1 is 1.17 bits per heavy atom. The van der Waals surface area contributed by atoms with Gasteiger partial charge in [0.15, 0.2) is 5.78 Å². The number of ketones is 1. The highest BCUT2D eigenvalue weighted by Gasteiger charge is 2.06. The van der Waals surface area contributed by atoms with Gasteiger partial charge < -0.3 is 5.73 Å². The van der Waals surface area contributed by atoms with Crippen LogP contribution in [0.4, 0.5) is 0 Å². The van der Waals surface area contributed by atoms with E-state index in [9.17, 15) is 4.79 Å². The minimum atomic E-state index is 0.175. The van der Waals surface area contributed by atoms with Crippen molar-refractivity contribution in [3.63, 3.8) is 0 Å². The van der Waals surface area contributed by atoms with Crippen molar-refractivity contribution in [3.8, 4) is 0 Å². The first-order chi connectivity index (χ1) is 8.66. The molecule has 2 heteroatoms. The lowest BCUT2D eigenvalue weighted by atomic mass is 10.0. The minimum absolute atomic E-state index is 0.175. The number of nitrogens with two attached hydrogens (primary N) is 1. The molecule has 94 valence electrons. The molecule has 0 spiro atoms. The van der Waals surface area contributed by atoms with Gasteiger partial charge in [-0.1, -0.05) is 36.4 Å². The van der Waals surface area contributed by atoms with Crippen molar-refractivity contribution >= 4 is 16.6 Å². The van der Waals surface area contributed by atoms with Crippen LogP contribution in [0.25, 0.3) is 10.8 Å². The minimum Gasteiger partial charge on any atom is -0.328 e. The summed E-state index contributed by atoms with van der Waals surface area (Å²) in [5.41, 5.74) is 6.48. The number of benzene rings is 2. The Morgan fingerprint density at radius 3 is 2.61 bits per heavy atom. The van der Waals surface area contributed by atoms with Crippen LogP contribution in [0.2, 0.25) is 0 Å². The SMILES string of the molecule is CC(N)CCCC(=O)c1ccc2ccccc2c1. The van der Waals surface area contributed by atoms with E-state index in [4.69, 9.17) is 5.73 Å². The summed E-state index contributed by atoms with van der Waals surface area (Å²) in [5.74, 6) is 0.210. The van der Waals surface area contributed by atoms with Gasteiger partial charge >= 0.3 is 0 Å². The number of hydrogen-bond donors (Lipinski definition) is 1. The molecule has 0 saturated carbocycles. The van der Waals surface area contributed by atoms with Crippen LogP contribution in [0.5, 0.6) is 0 Å². The first-order valence-electron chi connectivity index (χ1n) is 6.44. The van der Waals surface area contributed by atoms with Gasteiger partial charge in [-0.3, -0.25) is 4.79 Å². The number of carbonyl (C=O) groups is 1. The highest BCUT2D eigenvalue weighted by Crippen LogP contribution is 2.17. The average molecular weight is 241 g/mol. The van der Waals surface area contributed by atoms with Gasteiger partial charge in [-0.05, 0) is 36.6 Å². The summed E-state index contributed by atoms with van der Waals surface area (Å²) in [7, 11) is 0. The Hall–Kier alpha value is -1.67. The van der Waals surface area contributed by atoms with Crippen LogP contribution in [0.15, 0.2) is 42.5 Å². The second-order valence-electron chi connectivity index (χ2n) is 4.85. The maximum atomic E-state index is 12.0. The summed E-state index contributed by atoms with van der Waals surface area (Å²) in [4.78, 5) is 12.0. The normalized spacial score (nSPS) is 12.6. The van der Waals surface area contributed by atoms with Crippen molar-refractivity contribution < 1.29 is 4.79 Å². The molecule has 0 amide bonds. The largest absolute Gasteiger partial charge is 0.328 e. The smallest absolute Gasteiger partial charge is 0.162 e. The molecule has 0 fully saturated rings. The van der Waals surface area contributed by atoms with E-state index < -0.39 is 0 Å². The Labute approximate surface area is 108 Å². The molecule has 2 N–H and O–H groups in total. The van der Waals surface area contributed by atoms with E-state index in [0.29, 0.717) is 6.42 Å². The lowest BCUT2D eigenvalue weighted by Gasteiger charge is -2.05. The van der Waals surface area contributed by atoms with E-state index in [2.05, 4.69) is 6.07 Å². The molecule has 0 aliphatic rings. The monoisotopic (exact) mass is 241 g/mol. The van der Waals surface area contributed by atoms with Crippen LogP contribution in [0.1, 0.15) is 36.5 Å². The second-order valence-corrected chi connectivity index (χ2v) is 4.85. The molecule has 18 heavy (non-hydrogen) atoms. The maximum Gasteiger partial charge on any atom is 0.162 e. The molecule has 0 aliphatic heterocycles. The van der Waals surface area contributed by atoms with Crippen molar-refractivity contribution in [3.05, 3.63) is 48.0 Å². The van der Waals surface area contributed by atoms with Crippen molar-refractivity contribution in [1.82, 2.24) is 0 Å². The highest BCUT2D eigenvalue weighted by atomic mass is 16.1. The first-order valence-corrected chi connectivity index (χ1v) is 6.44. The highest BCUT2D eigenvalue weighted by molar-refractivity contribution is 5.99. The molecule has 2 nitrogen and oxygen atoms in total. The number of rotatable bonds is 5. The molecule has 1 atom stereocenters. The van der Waals surface area contributed by atoms with Gasteiger partial charge in [0.25, 0.3) is 0 Å². The zero-order valence-electron chi connectivity index (χ0n) is 10.7. The van der Waals surface area contributed by atoms with E-state index in [-0.39, 0.29) is 11.8 Å². The van der Waals surface area contributed by atoms with Crippen molar-refractivity contribution in [1.29, 1.82) is 0 Å². The number of carbonyl (C=O) groups excluding carboxylic acids is 1.